The number of aromatic nitrogens is 1. The summed E-state index contributed by atoms with van der Waals surface area (Å²) >= 11 is 6.30. The molecule has 0 spiro atoms. The summed E-state index contributed by atoms with van der Waals surface area (Å²) in [6.07, 6.45) is 1.78. The summed E-state index contributed by atoms with van der Waals surface area (Å²) in [6, 6.07) is 11.4. The Balaban J connectivity index is 1.91. The first kappa shape index (κ1) is 23.6. The molecule has 9 nitrogen and oxygen atoms in total. The molecule has 2 aromatic carbocycles. The van der Waals surface area contributed by atoms with Gasteiger partial charge >= 0.3 is 6.03 Å². The Hall–Kier alpha value is -4.03. The second-order valence-electron chi connectivity index (χ2n) is 6.77. The number of benzene rings is 2. The van der Waals surface area contributed by atoms with Crippen LogP contribution < -0.4 is 25.4 Å². The number of pyridine rings is 1. The van der Waals surface area contributed by atoms with Crippen LogP contribution >= 0.6 is 11.6 Å². The molecule has 0 unspecified atom stereocenters. The number of nitriles is 1. The molecule has 0 aliphatic carbocycles. The van der Waals surface area contributed by atoms with Crippen LogP contribution in [0.15, 0.2) is 42.6 Å². The van der Waals surface area contributed by atoms with Crippen molar-refractivity contribution in [3.05, 3.63) is 53.2 Å². The van der Waals surface area contributed by atoms with Crippen molar-refractivity contribution in [3.63, 3.8) is 0 Å². The third kappa shape index (κ3) is 5.81. The van der Waals surface area contributed by atoms with Crippen molar-refractivity contribution < 1.29 is 19.1 Å². The van der Waals surface area contributed by atoms with Crippen molar-refractivity contribution in [2.24, 2.45) is 0 Å². The predicted octanol–water partition coefficient (Wildman–Crippen LogP) is 4.47. The fraction of sp³-hybridized carbons (Fsp3) is 0.217. The van der Waals surface area contributed by atoms with Gasteiger partial charge in [-0.1, -0.05) is 11.6 Å². The molecular weight excluding hydrogens is 446 g/mol. The highest BCUT2D eigenvalue weighted by Gasteiger charge is 2.17. The number of urea groups is 1. The Labute approximate surface area is 195 Å². The maximum absolute atomic E-state index is 12.6. The molecule has 3 N–H and O–H groups in total. The van der Waals surface area contributed by atoms with E-state index in [2.05, 4.69) is 20.9 Å². The molecule has 0 fully saturated rings. The van der Waals surface area contributed by atoms with Gasteiger partial charge in [0.25, 0.3) is 5.91 Å². The van der Waals surface area contributed by atoms with Gasteiger partial charge in [0.1, 0.15) is 17.2 Å². The molecule has 170 valence electrons. The molecule has 1 aromatic heterocycles. The molecular formula is C23H22ClN5O4. The van der Waals surface area contributed by atoms with E-state index in [4.69, 9.17) is 26.3 Å². The van der Waals surface area contributed by atoms with Crippen LogP contribution in [0.5, 0.6) is 17.2 Å². The van der Waals surface area contributed by atoms with E-state index in [0.717, 1.165) is 0 Å². The Kier molecular flexibility index (Phi) is 7.89. The minimum atomic E-state index is -0.373. The standard InChI is InChI=1S/C23H22ClN5O4/c1-3-26-23(31)29-18-6-5-14(11-17(18)24)33-20-7-10-27-19-13-21(32-2)16(12-15(19)20)22(30)28-9-4-8-25/h5-7,10-13H,3-4,9H2,1-2H3,(H,28,30)(H2,26,29,31). The van der Waals surface area contributed by atoms with Crippen LogP contribution in [0, 0.1) is 11.3 Å². The molecule has 0 radical (unpaired) electrons. The molecule has 3 rings (SSSR count). The van der Waals surface area contributed by atoms with Crippen molar-refractivity contribution in [2.75, 3.05) is 25.5 Å². The normalized spacial score (nSPS) is 10.2. The molecule has 1 heterocycles. The number of amides is 3. The number of halogens is 1. The summed E-state index contributed by atoms with van der Waals surface area (Å²) in [7, 11) is 1.46. The highest BCUT2D eigenvalue weighted by Crippen LogP contribution is 2.35. The van der Waals surface area contributed by atoms with E-state index in [-0.39, 0.29) is 24.9 Å². The van der Waals surface area contributed by atoms with Gasteiger partial charge in [-0.2, -0.15) is 5.26 Å². The van der Waals surface area contributed by atoms with Crippen molar-refractivity contribution in [1.82, 2.24) is 15.6 Å². The van der Waals surface area contributed by atoms with Gasteiger partial charge in [-0.15, -0.1) is 0 Å². The number of anilines is 1. The Morgan fingerprint density at radius 3 is 2.67 bits per heavy atom. The largest absolute Gasteiger partial charge is 0.496 e. The average Bonchev–Trinajstić information content (AvgIpc) is 2.80. The van der Waals surface area contributed by atoms with Crippen molar-refractivity contribution in [1.29, 1.82) is 5.26 Å². The SMILES string of the molecule is CCNC(=O)Nc1ccc(Oc2ccnc3cc(OC)c(C(=O)NCCC#N)cc23)cc1Cl. The van der Waals surface area contributed by atoms with Gasteiger partial charge in [-0.05, 0) is 31.2 Å². The number of nitrogens with one attached hydrogen (secondary N) is 3. The lowest BCUT2D eigenvalue weighted by Crippen LogP contribution is -2.28. The van der Waals surface area contributed by atoms with E-state index >= 15 is 0 Å². The molecule has 10 heteroatoms. The van der Waals surface area contributed by atoms with E-state index in [1.807, 2.05) is 13.0 Å². The summed E-state index contributed by atoms with van der Waals surface area (Å²) < 4.78 is 11.4. The third-order valence-corrected chi connectivity index (χ3v) is 4.86. The highest BCUT2D eigenvalue weighted by atomic mass is 35.5. The molecule has 3 amide bonds. The first-order valence-electron chi connectivity index (χ1n) is 10.1. The Morgan fingerprint density at radius 2 is 1.97 bits per heavy atom. The topological polar surface area (TPSA) is 125 Å². The minimum absolute atomic E-state index is 0.198. The number of hydrogen-bond donors (Lipinski definition) is 3. The van der Waals surface area contributed by atoms with Crippen LogP contribution in [0.3, 0.4) is 0 Å². The number of carbonyl (C=O) groups is 2. The molecule has 33 heavy (non-hydrogen) atoms. The summed E-state index contributed by atoms with van der Waals surface area (Å²) in [5.74, 6) is 0.868. The van der Waals surface area contributed by atoms with Crippen molar-refractivity contribution in [3.8, 4) is 23.3 Å². The number of hydrogen-bond acceptors (Lipinski definition) is 6. The number of nitrogens with zero attached hydrogens (tertiary/aromatic N) is 2. The Morgan fingerprint density at radius 1 is 1.15 bits per heavy atom. The van der Waals surface area contributed by atoms with Crippen LogP contribution in [-0.4, -0.2) is 37.1 Å². The number of carbonyl (C=O) groups excluding carboxylic acids is 2. The van der Waals surface area contributed by atoms with Gasteiger partial charge in [0.05, 0.1) is 41.4 Å². The zero-order valence-corrected chi connectivity index (χ0v) is 18.8. The molecule has 0 bridgehead atoms. The van der Waals surface area contributed by atoms with Crippen LogP contribution in [-0.2, 0) is 0 Å². The summed E-state index contributed by atoms with van der Waals surface area (Å²) in [4.78, 5) is 28.7. The minimum Gasteiger partial charge on any atom is -0.496 e. The number of methoxy groups -OCH3 is 1. The lowest BCUT2D eigenvalue weighted by molar-refractivity contribution is 0.0951. The van der Waals surface area contributed by atoms with Gasteiger partial charge in [0, 0.05) is 36.8 Å². The molecule has 0 saturated carbocycles. The van der Waals surface area contributed by atoms with Crippen LogP contribution in [0.1, 0.15) is 23.7 Å². The van der Waals surface area contributed by atoms with E-state index < -0.39 is 0 Å². The lowest BCUT2D eigenvalue weighted by Gasteiger charge is -2.14. The molecule has 3 aromatic rings. The van der Waals surface area contributed by atoms with Crippen molar-refractivity contribution >= 4 is 40.1 Å². The van der Waals surface area contributed by atoms with Crippen LogP contribution in [0.2, 0.25) is 5.02 Å². The van der Waals surface area contributed by atoms with E-state index in [0.29, 0.717) is 51.0 Å². The van der Waals surface area contributed by atoms with E-state index in [1.165, 1.54) is 7.11 Å². The number of fused-ring (bicyclic) bond motifs is 1. The molecule has 0 aliphatic rings. The quantitative estimate of drug-likeness (QED) is 0.419. The maximum atomic E-state index is 12.6. The second kappa shape index (κ2) is 11.0. The average molecular weight is 468 g/mol. The zero-order chi connectivity index (χ0) is 23.8. The number of ether oxygens (including phenoxy) is 2. The van der Waals surface area contributed by atoms with Crippen LogP contribution in [0.25, 0.3) is 10.9 Å². The van der Waals surface area contributed by atoms with Gasteiger partial charge in [-0.25, -0.2) is 4.79 Å². The summed E-state index contributed by atoms with van der Waals surface area (Å²) in [5, 5.41) is 17.6. The van der Waals surface area contributed by atoms with Crippen molar-refractivity contribution in [2.45, 2.75) is 13.3 Å². The third-order valence-electron chi connectivity index (χ3n) is 4.54. The molecule has 0 atom stereocenters. The van der Waals surface area contributed by atoms with E-state index in [9.17, 15) is 9.59 Å². The monoisotopic (exact) mass is 467 g/mol. The molecule has 0 saturated heterocycles. The maximum Gasteiger partial charge on any atom is 0.319 e. The van der Waals surface area contributed by atoms with Gasteiger partial charge < -0.3 is 25.4 Å². The van der Waals surface area contributed by atoms with Gasteiger partial charge in [0.2, 0.25) is 0 Å². The summed E-state index contributed by atoms with van der Waals surface area (Å²) in [6.45, 7) is 2.53. The van der Waals surface area contributed by atoms with Gasteiger partial charge in [0.15, 0.2) is 0 Å². The Bertz CT molecular complexity index is 1230. The van der Waals surface area contributed by atoms with E-state index in [1.54, 1.807) is 42.6 Å². The fourth-order valence-corrected chi connectivity index (χ4v) is 3.24. The molecule has 0 aliphatic heterocycles. The first-order valence-corrected chi connectivity index (χ1v) is 10.5. The first-order chi connectivity index (χ1) is 16.0. The number of rotatable bonds is 8. The van der Waals surface area contributed by atoms with Gasteiger partial charge in [-0.3, -0.25) is 9.78 Å². The summed E-state index contributed by atoms with van der Waals surface area (Å²) in [5.41, 5.74) is 1.30. The zero-order valence-electron chi connectivity index (χ0n) is 18.1. The second-order valence-corrected chi connectivity index (χ2v) is 7.18. The lowest BCUT2D eigenvalue weighted by atomic mass is 10.1. The van der Waals surface area contributed by atoms with Crippen LogP contribution in [0.4, 0.5) is 10.5 Å². The smallest absolute Gasteiger partial charge is 0.319 e. The predicted molar refractivity (Wildman–Crippen MR) is 125 cm³/mol. The highest BCUT2D eigenvalue weighted by molar-refractivity contribution is 6.33. The fourth-order valence-electron chi connectivity index (χ4n) is 3.03.